The van der Waals surface area contributed by atoms with E-state index in [0.29, 0.717) is 0 Å². The van der Waals surface area contributed by atoms with Crippen LogP contribution in [0.25, 0.3) is 11.1 Å². The highest BCUT2D eigenvalue weighted by molar-refractivity contribution is 9.10. The molecular weight excluding hydrogens is 258 g/mol. The fourth-order valence-corrected chi connectivity index (χ4v) is 2.93. The largest absolute Gasteiger partial charge is 0.398 e. The lowest BCUT2D eigenvalue weighted by Crippen LogP contribution is -1.91. The predicted molar refractivity (Wildman–Crippen MR) is 66.6 cm³/mol. The highest BCUT2D eigenvalue weighted by atomic mass is 79.9. The van der Waals surface area contributed by atoms with Crippen LogP contribution in [0.4, 0.5) is 5.69 Å². The van der Waals surface area contributed by atoms with Gasteiger partial charge in [0.25, 0.3) is 0 Å². The summed E-state index contributed by atoms with van der Waals surface area (Å²) in [6, 6.07) is 6.01. The van der Waals surface area contributed by atoms with E-state index in [-0.39, 0.29) is 0 Å². The molecule has 0 spiro atoms. The number of hydrogen-bond donors (Lipinski definition) is 1. The topological polar surface area (TPSA) is 26.0 Å². The van der Waals surface area contributed by atoms with E-state index in [2.05, 4.69) is 39.7 Å². The fraction of sp³-hybridized carbons (Fsp3) is 0.0909. The third-order valence-electron chi connectivity index (χ3n) is 2.28. The van der Waals surface area contributed by atoms with Crippen molar-refractivity contribution in [3.63, 3.8) is 0 Å². The third kappa shape index (κ3) is 1.57. The Morgan fingerprint density at radius 1 is 1.21 bits per heavy atom. The van der Waals surface area contributed by atoms with E-state index in [1.807, 2.05) is 12.1 Å². The lowest BCUT2D eigenvalue weighted by Gasteiger charge is -2.06. The van der Waals surface area contributed by atoms with Gasteiger partial charge in [-0.3, -0.25) is 0 Å². The maximum atomic E-state index is 5.86. The van der Waals surface area contributed by atoms with Crippen LogP contribution < -0.4 is 5.73 Å². The normalized spacial score (nSPS) is 10.4. The van der Waals surface area contributed by atoms with Crippen LogP contribution in [0.15, 0.2) is 33.4 Å². The van der Waals surface area contributed by atoms with Crippen LogP contribution in [0.1, 0.15) is 5.56 Å². The van der Waals surface area contributed by atoms with Gasteiger partial charge < -0.3 is 5.73 Å². The van der Waals surface area contributed by atoms with Gasteiger partial charge in [0.05, 0.1) is 0 Å². The number of anilines is 1. The molecule has 0 aliphatic carbocycles. The standard InChI is InChI=1S/C11H10BrNS/c1-7-8(3-2-4-11(7)13)9-5-14-6-10(9)12/h2-6H,13H2,1H3. The van der Waals surface area contributed by atoms with E-state index in [4.69, 9.17) is 5.73 Å². The molecule has 2 rings (SSSR count). The van der Waals surface area contributed by atoms with Crippen LogP contribution in [0.2, 0.25) is 0 Å². The monoisotopic (exact) mass is 267 g/mol. The molecule has 2 aromatic rings. The third-order valence-corrected chi connectivity index (χ3v) is 3.98. The van der Waals surface area contributed by atoms with Gasteiger partial charge in [0.1, 0.15) is 0 Å². The summed E-state index contributed by atoms with van der Waals surface area (Å²) in [6.07, 6.45) is 0. The summed E-state index contributed by atoms with van der Waals surface area (Å²) in [4.78, 5) is 0. The number of benzene rings is 1. The summed E-state index contributed by atoms with van der Waals surface area (Å²) in [6.45, 7) is 2.05. The average Bonchev–Trinajstić information content (AvgIpc) is 2.57. The molecule has 0 bridgehead atoms. The molecule has 0 radical (unpaired) electrons. The van der Waals surface area contributed by atoms with Crippen LogP contribution >= 0.6 is 27.3 Å². The number of halogens is 1. The summed E-state index contributed by atoms with van der Waals surface area (Å²) in [5.41, 5.74) is 10.3. The van der Waals surface area contributed by atoms with Gasteiger partial charge in [0, 0.05) is 21.1 Å². The molecule has 0 saturated heterocycles. The highest BCUT2D eigenvalue weighted by Crippen LogP contribution is 2.34. The zero-order valence-electron chi connectivity index (χ0n) is 7.75. The van der Waals surface area contributed by atoms with Crippen LogP contribution in [-0.4, -0.2) is 0 Å². The first-order chi connectivity index (χ1) is 6.70. The van der Waals surface area contributed by atoms with E-state index in [1.54, 1.807) is 11.3 Å². The van der Waals surface area contributed by atoms with E-state index < -0.39 is 0 Å². The summed E-state index contributed by atoms with van der Waals surface area (Å²) in [5.74, 6) is 0. The Hall–Kier alpha value is -0.800. The number of rotatable bonds is 1. The van der Waals surface area contributed by atoms with E-state index in [9.17, 15) is 0 Å². The Morgan fingerprint density at radius 3 is 2.64 bits per heavy atom. The van der Waals surface area contributed by atoms with Crippen molar-refractivity contribution in [2.75, 3.05) is 5.73 Å². The molecule has 0 amide bonds. The molecule has 1 aromatic carbocycles. The quantitative estimate of drug-likeness (QED) is 0.775. The van der Waals surface area contributed by atoms with Crippen molar-refractivity contribution in [3.05, 3.63) is 39.0 Å². The van der Waals surface area contributed by atoms with Gasteiger partial charge in [-0.2, -0.15) is 11.3 Å². The molecule has 0 unspecified atom stereocenters. The molecule has 1 nitrogen and oxygen atoms in total. The minimum absolute atomic E-state index is 0.848. The Bertz CT molecular complexity index is 462. The number of nitrogens with two attached hydrogens (primary N) is 1. The van der Waals surface area contributed by atoms with Crippen molar-refractivity contribution in [2.24, 2.45) is 0 Å². The lowest BCUT2D eigenvalue weighted by molar-refractivity contribution is 1.46. The first-order valence-electron chi connectivity index (χ1n) is 4.27. The van der Waals surface area contributed by atoms with Crippen molar-refractivity contribution in [1.29, 1.82) is 0 Å². The van der Waals surface area contributed by atoms with Gasteiger partial charge in [-0.1, -0.05) is 12.1 Å². The minimum atomic E-state index is 0.848. The summed E-state index contributed by atoms with van der Waals surface area (Å²) < 4.78 is 1.14. The smallest absolute Gasteiger partial charge is 0.0360 e. The summed E-state index contributed by atoms with van der Waals surface area (Å²) in [5, 5.41) is 4.21. The van der Waals surface area contributed by atoms with Crippen LogP contribution in [0.3, 0.4) is 0 Å². The molecule has 1 heterocycles. The molecule has 14 heavy (non-hydrogen) atoms. The molecule has 0 atom stereocenters. The Balaban J connectivity index is 2.63. The Labute approximate surface area is 95.7 Å². The zero-order chi connectivity index (χ0) is 10.1. The number of hydrogen-bond acceptors (Lipinski definition) is 2. The Kier molecular flexibility index (Phi) is 2.61. The first-order valence-corrected chi connectivity index (χ1v) is 6.01. The number of nitrogen functional groups attached to an aromatic ring is 1. The van der Waals surface area contributed by atoms with Gasteiger partial charge in [-0.25, -0.2) is 0 Å². The minimum Gasteiger partial charge on any atom is -0.398 e. The molecule has 0 saturated carbocycles. The maximum absolute atomic E-state index is 5.86. The molecule has 1 aromatic heterocycles. The van der Waals surface area contributed by atoms with E-state index in [0.717, 1.165) is 15.7 Å². The van der Waals surface area contributed by atoms with Crippen molar-refractivity contribution in [2.45, 2.75) is 6.92 Å². The summed E-state index contributed by atoms with van der Waals surface area (Å²) in [7, 11) is 0. The SMILES string of the molecule is Cc1c(N)cccc1-c1cscc1Br. The second kappa shape index (κ2) is 3.75. The lowest BCUT2D eigenvalue weighted by atomic mass is 10.0. The van der Waals surface area contributed by atoms with E-state index in [1.165, 1.54) is 11.1 Å². The van der Waals surface area contributed by atoms with Gasteiger partial charge in [-0.15, -0.1) is 0 Å². The van der Waals surface area contributed by atoms with Crippen LogP contribution in [0.5, 0.6) is 0 Å². The van der Waals surface area contributed by atoms with Gasteiger partial charge >= 0.3 is 0 Å². The van der Waals surface area contributed by atoms with Crippen molar-refractivity contribution in [1.82, 2.24) is 0 Å². The second-order valence-corrected chi connectivity index (χ2v) is 4.75. The molecule has 72 valence electrons. The fourth-order valence-electron chi connectivity index (χ4n) is 1.42. The van der Waals surface area contributed by atoms with Gasteiger partial charge in [-0.05, 0) is 45.4 Å². The van der Waals surface area contributed by atoms with E-state index >= 15 is 0 Å². The van der Waals surface area contributed by atoms with Gasteiger partial charge in [0.2, 0.25) is 0 Å². The second-order valence-electron chi connectivity index (χ2n) is 3.15. The first kappa shape index (κ1) is 9.74. The summed E-state index contributed by atoms with van der Waals surface area (Å²) >= 11 is 5.22. The van der Waals surface area contributed by atoms with Crippen LogP contribution in [0, 0.1) is 6.92 Å². The van der Waals surface area contributed by atoms with Gasteiger partial charge in [0.15, 0.2) is 0 Å². The molecule has 0 aliphatic heterocycles. The predicted octanol–water partition coefficient (Wildman–Crippen LogP) is 4.07. The van der Waals surface area contributed by atoms with Crippen LogP contribution in [-0.2, 0) is 0 Å². The molecule has 3 heteroatoms. The molecule has 0 fully saturated rings. The number of thiophene rings is 1. The average molecular weight is 268 g/mol. The molecular formula is C11H10BrNS. The van der Waals surface area contributed by atoms with Crippen molar-refractivity contribution in [3.8, 4) is 11.1 Å². The Morgan fingerprint density at radius 2 is 2.00 bits per heavy atom. The van der Waals surface area contributed by atoms with Crippen molar-refractivity contribution < 1.29 is 0 Å². The zero-order valence-corrected chi connectivity index (χ0v) is 10.2. The molecule has 2 N–H and O–H groups in total. The molecule has 0 aliphatic rings. The maximum Gasteiger partial charge on any atom is 0.0360 e. The highest BCUT2D eigenvalue weighted by Gasteiger charge is 2.07. The van der Waals surface area contributed by atoms with Crippen molar-refractivity contribution >= 4 is 33.0 Å².